The van der Waals surface area contributed by atoms with Crippen molar-refractivity contribution in [3.8, 4) is 5.75 Å². The van der Waals surface area contributed by atoms with Crippen molar-refractivity contribution >= 4 is 33.0 Å². The molecule has 3 rings (SSSR count). The molecule has 0 radical (unpaired) electrons. The van der Waals surface area contributed by atoms with Crippen LogP contribution in [-0.2, 0) is 16.6 Å². The summed E-state index contributed by atoms with van der Waals surface area (Å²) in [5.41, 5.74) is 0.747. The molecule has 0 fully saturated rings. The van der Waals surface area contributed by atoms with Gasteiger partial charge in [-0.3, -0.25) is 9.52 Å². The molecule has 3 aromatic rings. The standard InChI is InChI=1S/C21H22N2O4S2/c1-3-23(15-19-7-5-13-28-19)21(24)16-6-4-8-20(14-16)29(25,26)22-17-9-11-18(27-2)12-10-17/h4-14,22H,3,15H2,1-2H3. The monoisotopic (exact) mass is 430 g/mol. The van der Waals surface area contributed by atoms with Crippen LogP contribution in [-0.4, -0.2) is 32.9 Å². The van der Waals surface area contributed by atoms with Gasteiger partial charge < -0.3 is 9.64 Å². The number of hydrogen-bond donors (Lipinski definition) is 1. The van der Waals surface area contributed by atoms with E-state index in [0.717, 1.165) is 4.88 Å². The second-order valence-electron chi connectivity index (χ2n) is 6.26. The maximum atomic E-state index is 12.9. The normalized spacial score (nSPS) is 11.1. The number of nitrogens with zero attached hydrogens (tertiary/aromatic N) is 1. The number of carbonyl (C=O) groups is 1. The molecule has 1 N–H and O–H groups in total. The van der Waals surface area contributed by atoms with Crippen LogP contribution in [0.4, 0.5) is 5.69 Å². The van der Waals surface area contributed by atoms with Crippen LogP contribution >= 0.6 is 11.3 Å². The van der Waals surface area contributed by atoms with Crippen molar-refractivity contribution in [2.45, 2.75) is 18.4 Å². The second kappa shape index (κ2) is 9.11. The van der Waals surface area contributed by atoms with Gasteiger partial charge in [-0.1, -0.05) is 12.1 Å². The zero-order valence-electron chi connectivity index (χ0n) is 16.2. The summed E-state index contributed by atoms with van der Waals surface area (Å²) in [5.74, 6) is 0.424. The molecule has 1 amide bonds. The lowest BCUT2D eigenvalue weighted by Crippen LogP contribution is -2.30. The topological polar surface area (TPSA) is 75.7 Å². The molecular formula is C21H22N2O4S2. The van der Waals surface area contributed by atoms with E-state index in [1.165, 1.54) is 12.1 Å². The summed E-state index contributed by atoms with van der Waals surface area (Å²) in [6, 6.07) is 16.6. The van der Waals surface area contributed by atoms with E-state index >= 15 is 0 Å². The van der Waals surface area contributed by atoms with E-state index in [0.29, 0.717) is 30.1 Å². The molecule has 1 aromatic heterocycles. The van der Waals surface area contributed by atoms with Crippen molar-refractivity contribution in [2.24, 2.45) is 0 Å². The lowest BCUT2D eigenvalue weighted by atomic mass is 10.2. The van der Waals surface area contributed by atoms with Gasteiger partial charge in [-0.2, -0.15) is 0 Å². The summed E-state index contributed by atoms with van der Waals surface area (Å²) in [6.07, 6.45) is 0. The molecule has 0 aliphatic rings. The summed E-state index contributed by atoms with van der Waals surface area (Å²) in [4.78, 5) is 15.7. The van der Waals surface area contributed by atoms with Crippen LogP contribution in [0.3, 0.4) is 0 Å². The number of ether oxygens (including phenoxy) is 1. The maximum Gasteiger partial charge on any atom is 0.261 e. The highest BCUT2D eigenvalue weighted by Crippen LogP contribution is 2.21. The molecule has 0 saturated carbocycles. The Balaban J connectivity index is 1.80. The highest BCUT2D eigenvalue weighted by Gasteiger charge is 2.19. The van der Waals surface area contributed by atoms with Gasteiger partial charge in [0.1, 0.15) is 5.75 Å². The fourth-order valence-electron chi connectivity index (χ4n) is 2.77. The van der Waals surface area contributed by atoms with E-state index in [4.69, 9.17) is 4.74 Å². The van der Waals surface area contributed by atoms with Gasteiger partial charge in [0.15, 0.2) is 0 Å². The maximum absolute atomic E-state index is 12.9. The molecule has 0 aliphatic carbocycles. The first-order chi connectivity index (χ1) is 13.9. The van der Waals surface area contributed by atoms with Gasteiger partial charge >= 0.3 is 0 Å². The molecule has 0 atom stereocenters. The highest BCUT2D eigenvalue weighted by molar-refractivity contribution is 7.92. The molecule has 0 bridgehead atoms. The average molecular weight is 431 g/mol. The molecule has 0 unspecified atom stereocenters. The van der Waals surface area contributed by atoms with Gasteiger partial charge in [-0.25, -0.2) is 8.42 Å². The third kappa shape index (κ3) is 5.16. The number of rotatable bonds is 8. The first-order valence-electron chi connectivity index (χ1n) is 9.01. The van der Waals surface area contributed by atoms with Gasteiger partial charge in [0, 0.05) is 22.7 Å². The summed E-state index contributed by atoms with van der Waals surface area (Å²) >= 11 is 1.58. The fourth-order valence-corrected chi connectivity index (χ4v) is 4.59. The van der Waals surface area contributed by atoms with Crippen LogP contribution in [0.2, 0.25) is 0 Å². The number of methoxy groups -OCH3 is 1. The average Bonchev–Trinajstić information content (AvgIpc) is 3.25. The number of nitrogens with one attached hydrogen (secondary N) is 1. The second-order valence-corrected chi connectivity index (χ2v) is 8.98. The van der Waals surface area contributed by atoms with Crippen LogP contribution in [0.5, 0.6) is 5.75 Å². The molecular weight excluding hydrogens is 408 g/mol. The molecule has 8 heteroatoms. The Kier molecular flexibility index (Phi) is 6.56. The molecule has 2 aromatic carbocycles. The van der Waals surface area contributed by atoms with E-state index in [1.807, 2.05) is 24.4 Å². The van der Waals surface area contributed by atoms with E-state index in [9.17, 15) is 13.2 Å². The predicted molar refractivity (Wildman–Crippen MR) is 115 cm³/mol. The predicted octanol–water partition coefficient (Wildman–Crippen LogP) is 4.22. The zero-order chi connectivity index (χ0) is 20.9. The van der Waals surface area contributed by atoms with Gasteiger partial charge in [-0.15, -0.1) is 11.3 Å². The molecule has 0 saturated heterocycles. The Morgan fingerprint density at radius 2 is 1.86 bits per heavy atom. The molecule has 152 valence electrons. The van der Waals surface area contributed by atoms with Crippen molar-refractivity contribution in [1.82, 2.24) is 4.90 Å². The third-order valence-corrected chi connectivity index (χ3v) is 6.57. The number of benzene rings is 2. The van der Waals surface area contributed by atoms with Crippen molar-refractivity contribution in [3.05, 3.63) is 76.5 Å². The quantitative estimate of drug-likeness (QED) is 0.581. The lowest BCUT2D eigenvalue weighted by molar-refractivity contribution is 0.0754. The van der Waals surface area contributed by atoms with Crippen molar-refractivity contribution in [1.29, 1.82) is 0 Å². The smallest absolute Gasteiger partial charge is 0.261 e. The number of thiophene rings is 1. The van der Waals surface area contributed by atoms with Gasteiger partial charge in [-0.05, 0) is 60.8 Å². The van der Waals surface area contributed by atoms with E-state index < -0.39 is 10.0 Å². The van der Waals surface area contributed by atoms with Gasteiger partial charge in [0.2, 0.25) is 0 Å². The molecule has 1 heterocycles. The minimum absolute atomic E-state index is 0.0337. The molecule has 6 nitrogen and oxygen atoms in total. The Labute approximate surface area is 174 Å². The van der Waals surface area contributed by atoms with Crippen LogP contribution in [0.15, 0.2) is 70.9 Å². The Morgan fingerprint density at radius 1 is 1.10 bits per heavy atom. The Hall–Kier alpha value is -2.84. The van der Waals surface area contributed by atoms with E-state index in [2.05, 4.69) is 4.72 Å². The number of carbonyl (C=O) groups excluding carboxylic acids is 1. The van der Waals surface area contributed by atoms with Gasteiger partial charge in [0.25, 0.3) is 15.9 Å². The number of hydrogen-bond acceptors (Lipinski definition) is 5. The lowest BCUT2D eigenvalue weighted by Gasteiger charge is -2.20. The summed E-state index contributed by atoms with van der Waals surface area (Å²) in [5, 5.41) is 1.96. The highest BCUT2D eigenvalue weighted by atomic mass is 32.2. The molecule has 29 heavy (non-hydrogen) atoms. The fraction of sp³-hybridized carbons (Fsp3) is 0.190. The van der Waals surface area contributed by atoms with E-state index in [-0.39, 0.29) is 10.8 Å². The van der Waals surface area contributed by atoms with Gasteiger partial charge in [0.05, 0.1) is 18.6 Å². The summed E-state index contributed by atoms with van der Waals surface area (Å²) < 4.78 is 33.1. The van der Waals surface area contributed by atoms with Crippen molar-refractivity contribution < 1.29 is 17.9 Å². The number of anilines is 1. The van der Waals surface area contributed by atoms with Crippen LogP contribution in [0.25, 0.3) is 0 Å². The minimum atomic E-state index is -3.83. The Morgan fingerprint density at radius 3 is 2.48 bits per heavy atom. The van der Waals surface area contributed by atoms with Crippen LogP contribution in [0.1, 0.15) is 22.2 Å². The number of amides is 1. The first-order valence-corrected chi connectivity index (χ1v) is 11.4. The minimum Gasteiger partial charge on any atom is -0.497 e. The van der Waals surface area contributed by atoms with Crippen molar-refractivity contribution in [2.75, 3.05) is 18.4 Å². The molecule has 0 spiro atoms. The third-order valence-electron chi connectivity index (χ3n) is 4.33. The summed E-state index contributed by atoms with van der Waals surface area (Å²) in [6.45, 7) is 2.92. The first kappa shape index (κ1) is 20.9. The zero-order valence-corrected chi connectivity index (χ0v) is 17.8. The SMILES string of the molecule is CCN(Cc1cccs1)C(=O)c1cccc(S(=O)(=O)Nc2ccc(OC)cc2)c1. The van der Waals surface area contributed by atoms with Crippen LogP contribution in [0, 0.1) is 0 Å². The van der Waals surface area contributed by atoms with Crippen molar-refractivity contribution in [3.63, 3.8) is 0 Å². The largest absolute Gasteiger partial charge is 0.497 e. The molecule has 0 aliphatic heterocycles. The Bertz CT molecular complexity index is 1060. The number of sulfonamides is 1. The summed E-state index contributed by atoms with van der Waals surface area (Å²) in [7, 11) is -2.29. The van der Waals surface area contributed by atoms with E-state index in [1.54, 1.807) is 59.7 Å². The van der Waals surface area contributed by atoms with Crippen LogP contribution < -0.4 is 9.46 Å².